The number of amides is 2. The van der Waals surface area contributed by atoms with E-state index < -0.39 is 24.0 Å². The molecule has 1 atom stereocenters. The molecule has 26 heavy (non-hydrogen) atoms. The van der Waals surface area contributed by atoms with Gasteiger partial charge in [-0.05, 0) is 32.0 Å². The molecule has 0 fully saturated rings. The Kier molecular flexibility index (Phi) is 5.17. The molecule has 1 aromatic heterocycles. The van der Waals surface area contributed by atoms with Crippen molar-refractivity contribution in [1.29, 1.82) is 0 Å². The zero-order chi connectivity index (χ0) is 18.7. The van der Waals surface area contributed by atoms with Gasteiger partial charge in [0.1, 0.15) is 6.61 Å². The molecular weight excluding hydrogens is 358 g/mol. The summed E-state index contributed by atoms with van der Waals surface area (Å²) in [6.45, 7) is 3.30. The standard InChI is InChI=1S/C17H17N3O5S/c1-3-24-16(22)14-9(2)19-17(23)20-12(14)7-25-15(21)10-4-5-11-13(6-10)26-8-18-11/h4-6,8-9H,3,7H2,1-2H3,(H2,19,20,23)/t9-/m0/s1. The molecule has 136 valence electrons. The molecule has 0 spiro atoms. The molecule has 2 N–H and O–H groups in total. The second-order valence-electron chi connectivity index (χ2n) is 5.54. The zero-order valence-electron chi connectivity index (χ0n) is 14.2. The molecule has 2 amide bonds. The number of ether oxygens (including phenoxy) is 2. The molecule has 0 unspecified atom stereocenters. The number of hydrogen-bond acceptors (Lipinski definition) is 7. The molecule has 2 heterocycles. The van der Waals surface area contributed by atoms with Gasteiger partial charge in [-0.25, -0.2) is 19.4 Å². The number of carbonyl (C=O) groups excluding carboxylic acids is 3. The number of esters is 2. The number of benzene rings is 1. The molecule has 0 bridgehead atoms. The van der Waals surface area contributed by atoms with Crippen molar-refractivity contribution in [1.82, 2.24) is 15.6 Å². The number of fused-ring (bicyclic) bond motifs is 1. The summed E-state index contributed by atoms with van der Waals surface area (Å²) in [5.74, 6) is -1.12. The lowest BCUT2D eigenvalue weighted by atomic mass is 10.0. The number of thiazole rings is 1. The van der Waals surface area contributed by atoms with E-state index >= 15 is 0 Å². The third kappa shape index (κ3) is 3.67. The summed E-state index contributed by atoms with van der Waals surface area (Å²) in [5, 5.41) is 5.09. The Labute approximate surface area is 153 Å². The van der Waals surface area contributed by atoms with Gasteiger partial charge in [-0.2, -0.15) is 0 Å². The largest absolute Gasteiger partial charge is 0.463 e. The smallest absolute Gasteiger partial charge is 0.338 e. The summed E-state index contributed by atoms with van der Waals surface area (Å²) in [6.07, 6.45) is 0. The maximum absolute atomic E-state index is 12.3. The quantitative estimate of drug-likeness (QED) is 0.774. The van der Waals surface area contributed by atoms with Crippen molar-refractivity contribution in [3.05, 3.63) is 40.5 Å². The van der Waals surface area contributed by atoms with Crippen molar-refractivity contribution in [2.75, 3.05) is 13.2 Å². The van der Waals surface area contributed by atoms with Crippen LogP contribution in [0.5, 0.6) is 0 Å². The first-order valence-electron chi connectivity index (χ1n) is 7.97. The van der Waals surface area contributed by atoms with Crippen LogP contribution in [-0.4, -0.2) is 42.2 Å². The van der Waals surface area contributed by atoms with Gasteiger partial charge in [0, 0.05) is 0 Å². The van der Waals surface area contributed by atoms with Crippen LogP contribution in [0.15, 0.2) is 35.0 Å². The van der Waals surface area contributed by atoms with E-state index in [1.807, 2.05) is 0 Å². The molecular formula is C17H17N3O5S. The van der Waals surface area contributed by atoms with Gasteiger partial charge in [0.2, 0.25) is 0 Å². The minimum Gasteiger partial charge on any atom is -0.463 e. The van der Waals surface area contributed by atoms with Crippen LogP contribution >= 0.6 is 11.3 Å². The van der Waals surface area contributed by atoms with Gasteiger partial charge < -0.3 is 20.1 Å². The lowest BCUT2D eigenvalue weighted by Crippen LogP contribution is -2.50. The lowest BCUT2D eigenvalue weighted by Gasteiger charge is -2.26. The molecule has 0 radical (unpaired) electrons. The summed E-state index contributed by atoms with van der Waals surface area (Å²) in [7, 11) is 0. The Hall–Kier alpha value is -2.94. The van der Waals surface area contributed by atoms with Crippen molar-refractivity contribution in [3.8, 4) is 0 Å². The summed E-state index contributed by atoms with van der Waals surface area (Å²) in [5.41, 5.74) is 3.32. The van der Waals surface area contributed by atoms with Crippen molar-refractivity contribution < 1.29 is 23.9 Å². The number of carbonyl (C=O) groups is 3. The number of rotatable bonds is 5. The van der Waals surface area contributed by atoms with E-state index in [9.17, 15) is 14.4 Å². The van der Waals surface area contributed by atoms with Gasteiger partial charge in [-0.1, -0.05) is 0 Å². The van der Waals surface area contributed by atoms with E-state index in [4.69, 9.17) is 9.47 Å². The number of nitrogens with zero attached hydrogens (tertiary/aromatic N) is 1. The molecule has 0 saturated heterocycles. The third-order valence-corrected chi connectivity index (χ3v) is 4.57. The van der Waals surface area contributed by atoms with Gasteiger partial charge in [0.15, 0.2) is 0 Å². The Balaban J connectivity index is 1.78. The summed E-state index contributed by atoms with van der Waals surface area (Å²) in [4.78, 5) is 40.3. The highest BCUT2D eigenvalue weighted by Gasteiger charge is 2.30. The first-order chi connectivity index (χ1) is 12.5. The van der Waals surface area contributed by atoms with E-state index in [0.717, 1.165) is 10.2 Å². The van der Waals surface area contributed by atoms with E-state index in [0.29, 0.717) is 5.56 Å². The second kappa shape index (κ2) is 7.52. The number of hydrogen-bond donors (Lipinski definition) is 2. The Morgan fingerprint density at radius 1 is 1.27 bits per heavy atom. The van der Waals surface area contributed by atoms with Crippen LogP contribution in [0.25, 0.3) is 10.2 Å². The van der Waals surface area contributed by atoms with Gasteiger partial charge in [-0.15, -0.1) is 11.3 Å². The van der Waals surface area contributed by atoms with E-state index in [1.54, 1.807) is 37.6 Å². The van der Waals surface area contributed by atoms with Crippen molar-refractivity contribution in [2.24, 2.45) is 0 Å². The second-order valence-corrected chi connectivity index (χ2v) is 6.43. The molecule has 1 aliphatic rings. The fourth-order valence-corrected chi connectivity index (χ4v) is 3.31. The fraction of sp³-hybridized carbons (Fsp3) is 0.294. The maximum atomic E-state index is 12.3. The molecule has 1 aromatic carbocycles. The minimum atomic E-state index is -0.565. The number of urea groups is 1. The topological polar surface area (TPSA) is 107 Å². The molecule has 8 nitrogen and oxygen atoms in total. The third-order valence-electron chi connectivity index (χ3n) is 3.78. The van der Waals surface area contributed by atoms with Crippen LogP contribution in [0.4, 0.5) is 4.79 Å². The molecule has 3 rings (SSSR count). The van der Waals surface area contributed by atoms with E-state index in [1.165, 1.54) is 11.3 Å². The SMILES string of the molecule is CCOC(=O)C1=C(COC(=O)c2ccc3ncsc3c2)NC(=O)N[C@H]1C. The number of nitrogens with one attached hydrogen (secondary N) is 2. The molecule has 9 heteroatoms. The Bertz CT molecular complexity index is 905. The minimum absolute atomic E-state index is 0.199. The Morgan fingerprint density at radius 2 is 2.08 bits per heavy atom. The first-order valence-corrected chi connectivity index (χ1v) is 8.85. The van der Waals surface area contributed by atoms with Crippen LogP contribution in [0.1, 0.15) is 24.2 Å². The van der Waals surface area contributed by atoms with Crippen LogP contribution in [0.2, 0.25) is 0 Å². The fourth-order valence-electron chi connectivity index (χ4n) is 2.60. The van der Waals surface area contributed by atoms with Crippen molar-refractivity contribution in [3.63, 3.8) is 0 Å². The monoisotopic (exact) mass is 375 g/mol. The first kappa shape index (κ1) is 17.9. The van der Waals surface area contributed by atoms with Crippen LogP contribution in [-0.2, 0) is 14.3 Å². The normalized spacial score (nSPS) is 16.8. The summed E-state index contributed by atoms with van der Waals surface area (Å²) >= 11 is 1.42. The Morgan fingerprint density at radius 3 is 2.85 bits per heavy atom. The van der Waals surface area contributed by atoms with Crippen molar-refractivity contribution in [2.45, 2.75) is 19.9 Å². The highest BCUT2D eigenvalue weighted by Crippen LogP contribution is 2.20. The van der Waals surface area contributed by atoms with E-state index in [-0.39, 0.29) is 24.5 Å². The average Bonchev–Trinajstić information content (AvgIpc) is 3.06. The van der Waals surface area contributed by atoms with Gasteiger partial charge in [-0.3, -0.25) is 0 Å². The average molecular weight is 375 g/mol. The molecule has 0 aliphatic carbocycles. The highest BCUT2D eigenvalue weighted by molar-refractivity contribution is 7.16. The molecule has 0 saturated carbocycles. The predicted molar refractivity (Wildman–Crippen MR) is 94.7 cm³/mol. The van der Waals surface area contributed by atoms with Crippen LogP contribution in [0.3, 0.4) is 0 Å². The summed E-state index contributed by atoms with van der Waals surface area (Å²) in [6, 6.07) is 4.03. The van der Waals surface area contributed by atoms with Gasteiger partial charge in [0.05, 0.1) is 45.2 Å². The van der Waals surface area contributed by atoms with Crippen molar-refractivity contribution >= 4 is 39.5 Å². The molecule has 1 aliphatic heterocycles. The highest BCUT2D eigenvalue weighted by atomic mass is 32.1. The molecule has 2 aromatic rings. The van der Waals surface area contributed by atoms with Crippen LogP contribution in [0, 0.1) is 0 Å². The van der Waals surface area contributed by atoms with Crippen LogP contribution < -0.4 is 10.6 Å². The summed E-state index contributed by atoms with van der Waals surface area (Å²) < 4.78 is 11.2. The predicted octanol–water partition coefficient (Wildman–Crippen LogP) is 1.97. The van der Waals surface area contributed by atoms with Gasteiger partial charge >= 0.3 is 18.0 Å². The zero-order valence-corrected chi connectivity index (χ0v) is 15.0. The van der Waals surface area contributed by atoms with E-state index in [2.05, 4.69) is 15.6 Å². The lowest BCUT2D eigenvalue weighted by molar-refractivity contribution is -0.139. The van der Waals surface area contributed by atoms with Gasteiger partial charge in [0.25, 0.3) is 0 Å². The number of aromatic nitrogens is 1. The maximum Gasteiger partial charge on any atom is 0.338 e.